The van der Waals surface area contributed by atoms with Crippen LogP contribution < -0.4 is 76.5 Å². The predicted molar refractivity (Wildman–Crippen MR) is 357 cm³/mol. The fraction of sp³-hybridized carbons (Fsp3) is 0.258. The number of nitrogen functional groups attached to an aromatic ring is 1. The summed E-state index contributed by atoms with van der Waals surface area (Å²) in [6.45, 7) is 1.40. The van der Waals surface area contributed by atoms with E-state index in [1.807, 2.05) is 94.3 Å². The van der Waals surface area contributed by atoms with Crippen LogP contribution in [0.1, 0.15) is 59.2 Å². The number of halogens is 4. The summed E-state index contributed by atoms with van der Waals surface area (Å²) < 4.78 is 27.1. The third-order valence-electron chi connectivity index (χ3n) is 14.7. The number of para-hydroxylation sites is 3. The summed E-state index contributed by atoms with van der Waals surface area (Å²) in [7, 11) is 10.5. The molecule has 3 aliphatic heterocycles. The number of fused-ring (bicyclic) bond motifs is 12. The van der Waals surface area contributed by atoms with Gasteiger partial charge in [0, 0.05) is 106 Å². The van der Waals surface area contributed by atoms with E-state index in [1.165, 1.54) is 20.1 Å². The molecule has 12 heterocycles. The number of carbonyl (C=O) groups is 1. The molecule has 0 unspecified atom stereocenters. The molecule has 482 valence electrons. The van der Waals surface area contributed by atoms with Crippen molar-refractivity contribution < 1.29 is 43.0 Å². The first-order chi connectivity index (χ1) is 41.8. The van der Waals surface area contributed by atoms with Crippen LogP contribution in [0, 0.1) is 5.92 Å². The van der Waals surface area contributed by atoms with Gasteiger partial charge in [-0.3, -0.25) is 62.6 Å². The van der Waals surface area contributed by atoms with Crippen LogP contribution in [0.5, 0.6) is 17.2 Å². The van der Waals surface area contributed by atoms with E-state index < -0.39 is 0 Å². The Kier molecular flexibility index (Phi) is 20.1. The summed E-state index contributed by atoms with van der Waals surface area (Å²) in [6, 6.07) is 22.1. The first-order valence-electron chi connectivity index (χ1n) is 27.1. The molecule has 4 aliphatic rings. The number of aromatic nitrogens is 15. The molecule has 30 heteroatoms. The van der Waals surface area contributed by atoms with E-state index >= 15 is 0 Å². The molecular formula is C62H68Cl3IN19O7-. The fourth-order valence-corrected chi connectivity index (χ4v) is 11.3. The van der Waals surface area contributed by atoms with Crippen molar-refractivity contribution >= 4 is 108 Å². The molecule has 26 nitrogen and oxygen atoms in total. The quantitative estimate of drug-likeness (QED) is 0.0468. The zero-order chi connectivity index (χ0) is 60.7. The van der Waals surface area contributed by atoms with Crippen molar-refractivity contribution in [3.05, 3.63) is 154 Å². The normalized spacial score (nSPS) is 12.4. The SMILES string of the molecule is C.C.C.C.Cn1[nH]c2nc(Cl)cc(Cl)c2c1=O.Cn1cc2c(n1)-c1cccc(N)c1OC2.Cn1cc2c(n1)-c1cccc(Nc3cc(Cl)nc4[nH]n(C)c(=O)c34)c1OC2.Cn1cc2c(n1)-c1cccc(Nc3cc(NC(=O)C4CC4)nc4[nH]n(C)c(=O)c34)c1OC2.[I-]. The number of pyridine rings is 3. The number of rotatable bonds is 6. The second-order valence-corrected chi connectivity index (χ2v) is 22.3. The molecule has 3 aromatic carbocycles. The lowest BCUT2D eigenvalue weighted by atomic mass is 10.0. The second kappa shape index (κ2) is 27.1. The van der Waals surface area contributed by atoms with Crippen LogP contribution in [0.15, 0.2) is 106 Å². The van der Waals surface area contributed by atoms with Gasteiger partial charge in [-0.05, 0) is 61.4 Å². The molecule has 1 aliphatic carbocycles. The predicted octanol–water partition coefficient (Wildman–Crippen LogP) is 8.28. The summed E-state index contributed by atoms with van der Waals surface area (Å²) in [5.41, 5.74) is 18.4. The molecule has 12 aromatic rings. The molecule has 16 rings (SSSR count). The fourth-order valence-electron chi connectivity index (χ4n) is 10.6. The highest BCUT2D eigenvalue weighted by atomic mass is 127. The Bertz CT molecular complexity index is 4970. The summed E-state index contributed by atoms with van der Waals surface area (Å²) in [5.74, 6) is 2.49. The van der Waals surface area contributed by atoms with E-state index in [0.29, 0.717) is 98.0 Å². The number of nitrogens with one attached hydrogen (secondary N) is 6. The minimum Gasteiger partial charge on any atom is -1.00 e. The smallest absolute Gasteiger partial charge is 0.277 e. The van der Waals surface area contributed by atoms with Gasteiger partial charge in [-0.15, -0.1) is 0 Å². The van der Waals surface area contributed by atoms with Crippen LogP contribution in [-0.4, -0.2) is 79.5 Å². The Morgan fingerprint density at radius 1 is 0.533 bits per heavy atom. The van der Waals surface area contributed by atoms with Crippen LogP contribution >= 0.6 is 34.8 Å². The Labute approximate surface area is 558 Å². The van der Waals surface area contributed by atoms with Crippen molar-refractivity contribution in [2.45, 2.75) is 62.4 Å². The minimum atomic E-state index is -0.215. The first kappa shape index (κ1) is 68.3. The van der Waals surface area contributed by atoms with Crippen molar-refractivity contribution in [3.8, 4) is 51.0 Å². The molecule has 92 heavy (non-hydrogen) atoms. The summed E-state index contributed by atoms with van der Waals surface area (Å²) >= 11 is 17.6. The first-order valence-corrected chi connectivity index (χ1v) is 28.2. The van der Waals surface area contributed by atoms with Gasteiger partial charge in [0.2, 0.25) is 5.91 Å². The van der Waals surface area contributed by atoms with Crippen molar-refractivity contribution in [2.75, 3.05) is 21.7 Å². The maximum Gasteiger partial charge on any atom is 0.277 e. The number of nitrogens with zero attached hydrogens (tertiary/aromatic N) is 12. The van der Waals surface area contributed by atoms with E-state index in [-0.39, 0.29) is 92.5 Å². The third-order valence-corrected chi connectivity index (χ3v) is 15.4. The van der Waals surface area contributed by atoms with Crippen LogP contribution in [0.2, 0.25) is 15.3 Å². The van der Waals surface area contributed by atoms with Gasteiger partial charge in [0.1, 0.15) is 69.2 Å². The highest BCUT2D eigenvalue weighted by Crippen LogP contribution is 2.45. The molecule has 0 radical (unpaired) electrons. The Balaban J connectivity index is 0.000000164. The van der Waals surface area contributed by atoms with Crippen LogP contribution in [0.25, 0.3) is 66.9 Å². The Morgan fingerprint density at radius 2 is 0.924 bits per heavy atom. The number of anilines is 6. The molecule has 0 bridgehead atoms. The molecule has 8 N–H and O–H groups in total. The standard InChI is InChI=1S/C22H21N7O3.C18H15ClN6O2.C11H11N3O.C7H5Cl2N3O.4CH4.HI/c1-28-9-12-10-32-19-13(18(12)26-28)4-3-5-14(19)23-15-8-16(25-21(30)11-6-7-11)24-20-17(15)22(31)29(2)27-20;1-24-7-9-8-27-16-10(15(9)22-24)4-3-5-11(16)20-12-6-13(19)21-17-14(12)18(26)25(2)23-17;1-14-5-7-6-15-11-8(10(7)13-14)3-2-4-9(11)12;1-12-7(13)5-3(8)2-4(9)10-6(5)11-12;;;;;/h3-5,8-9,11H,6-7,10H2,1-2H3,(H3,23,24,25,27,30);3-7H,8H2,1-2H3,(H2,20,21,23);2-5H,6,12H2,1H3;2H,1H3,(H,10,11);4*1H4;1H/p-1. The summed E-state index contributed by atoms with van der Waals surface area (Å²) in [4.78, 5) is 61.5. The van der Waals surface area contributed by atoms with Crippen LogP contribution in [-0.2, 0) is 66.9 Å². The number of aromatic amines is 3. The van der Waals surface area contributed by atoms with Crippen molar-refractivity contribution in [1.82, 2.24) is 73.6 Å². The third kappa shape index (κ3) is 12.9. The van der Waals surface area contributed by atoms with Gasteiger partial charge in [0.25, 0.3) is 16.7 Å². The molecular weight excluding hydrogens is 1360 g/mol. The number of benzene rings is 3. The molecule has 1 saturated carbocycles. The molecule has 0 saturated heterocycles. The monoisotopic (exact) mass is 1420 g/mol. The van der Waals surface area contributed by atoms with Gasteiger partial charge in [-0.25, -0.2) is 15.0 Å². The lowest BCUT2D eigenvalue weighted by Gasteiger charge is -2.20. The van der Waals surface area contributed by atoms with E-state index in [4.69, 9.17) is 54.7 Å². The highest BCUT2D eigenvalue weighted by molar-refractivity contribution is 6.37. The number of hydrogen-bond donors (Lipinski definition) is 7. The van der Waals surface area contributed by atoms with E-state index in [0.717, 1.165) is 74.7 Å². The average Bonchev–Trinajstić information content (AvgIpc) is 1.49. The maximum absolute atomic E-state index is 12.8. The highest BCUT2D eigenvalue weighted by Gasteiger charge is 2.31. The van der Waals surface area contributed by atoms with Crippen LogP contribution in [0.3, 0.4) is 0 Å². The van der Waals surface area contributed by atoms with Gasteiger partial charge >= 0.3 is 0 Å². The lowest BCUT2D eigenvalue weighted by Crippen LogP contribution is -3.00. The zero-order valence-corrected chi connectivity index (χ0v) is 52.0. The van der Waals surface area contributed by atoms with E-state index in [1.54, 1.807) is 47.3 Å². The van der Waals surface area contributed by atoms with Gasteiger partial charge in [0.05, 0.1) is 33.5 Å². The van der Waals surface area contributed by atoms with Crippen molar-refractivity contribution in [3.63, 3.8) is 0 Å². The van der Waals surface area contributed by atoms with Gasteiger partial charge < -0.3 is 59.9 Å². The molecule has 0 spiro atoms. The second-order valence-electron chi connectivity index (χ2n) is 21.1. The number of carbonyl (C=O) groups excluding carboxylic acids is 1. The number of aryl methyl sites for hydroxylation is 6. The minimum absolute atomic E-state index is 0. The number of hydrogen-bond acceptors (Lipinski definition) is 16. The molecule has 1 amide bonds. The lowest BCUT2D eigenvalue weighted by molar-refractivity contribution is -0.117. The summed E-state index contributed by atoms with van der Waals surface area (Å²) in [6.07, 6.45) is 7.66. The van der Waals surface area contributed by atoms with Gasteiger partial charge in [-0.1, -0.05) is 82.7 Å². The number of nitrogens with two attached hydrogens (primary N) is 1. The molecule has 9 aromatic heterocycles. The van der Waals surface area contributed by atoms with E-state index in [9.17, 15) is 19.2 Å². The van der Waals surface area contributed by atoms with Crippen molar-refractivity contribution in [1.29, 1.82) is 0 Å². The average molecular weight is 1420 g/mol. The Hall–Kier alpha value is -9.58. The molecule has 0 atom stereocenters. The number of ether oxygens (including phenoxy) is 3. The van der Waals surface area contributed by atoms with Crippen molar-refractivity contribution in [2.24, 2.45) is 48.2 Å². The zero-order valence-electron chi connectivity index (χ0n) is 47.6. The van der Waals surface area contributed by atoms with Gasteiger partial charge in [0.15, 0.2) is 34.2 Å². The Morgan fingerprint density at radius 3 is 1.39 bits per heavy atom. The topological polar surface area (TPSA) is 312 Å². The van der Waals surface area contributed by atoms with Crippen LogP contribution in [0.4, 0.5) is 34.3 Å². The van der Waals surface area contributed by atoms with E-state index in [2.05, 4.69) is 61.5 Å². The largest absolute Gasteiger partial charge is 1.00 e. The number of amides is 1. The van der Waals surface area contributed by atoms with Gasteiger partial charge in [-0.2, -0.15) is 15.3 Å². The summed E-state index contributed by atoms with van der Waals surface area (Å²) in [5, 5.41) is 33.7. The molecule has 1 fully saturated rings. The number of H-pyrrole nitrogens is 3. The maximum atomic E-state index is 12.8.